The summed E-state index contributed by atoms with van der Waals surface area (Å²) in [5.41, 5.74) is 3.28. The van der Waals surface area contributed by atoms with E-state index in [0.717, 1.165) is 54.8 Å². The van der Waals surface area contributed by atoms with Crippen LogP contribution in [0.15, 0.2) is 48.5 Å². The number of amides is 1. The number of fused-ring (bicyclic) bond motifs is 1. The quantitative estimate of drug-likeness (QED) is 0.545. The Bertz CT molecular complexity index is 975. The van der Waals surface area contributed by atoms with E-state index in [4.69, 9.17) is 14.5 Å². The van der Waals surface area contributed by atoms with E-state index in [1.165, 1.54) is 5.56 Å². The zero-order valence-corrected chi connectivity index (χ0v) is 17.5. The standard InChI is InChI=1S/C24H29N3O3/c1-18-10-12-19(13-11-18)29-15-5-4-14-27-21-8-3-2-7-20(21)26-23(27)17-25-24(28)22-9-6-16-30-22/h2-3,7-8,10-13,22H,4-6,9,14-17H2,1H3,(H,25,28). The van der Waals surface area contributed by atoms with E-state index in [2.05, 4.69) is 35.0 Å². The highest BCUT2D eigenvalue weighted by Crippen LogP contribution is 2.18. The van der Waals surface area contributed by atoms with Crippen molar-refractivity contribution >= 4 is 16.9 Å². The van der Waals surface area contributed by atoms with Crippen LogP contribution in [-0.4, -0.2) is 34.8 Å². The minimum Gasteiger partial charge on any atom is -0.494 e. The van der Waals surface area contributed by atoms with Gasteiger partial charge in [-0.2, -0.15) is 0 Å². The second-order valence-electron chi connectivity index (χ2n) is 7.76. The van der Waals surface area contributed by atoms with Gasteiger partial charge in [-0.1, -0.05) is 29.8 Å². The van der Waals surface area contributed by atoms with Crippen molar-refractivity contribution in [2.75, 3.05) is 13.2 Å². The molecule has 0 bridgehead atoms. The molecule has 1 N–H and O–H groups in total. The van der Waals surface area contributed by atoms with Crippen LogP contribution in [0.25, 0.3) is 11.0 Å². The molecule has 1 aromatic heterocycles. The third-order valence-electron chi connectivity index (χ3n) is 5.44. The summed E-state index contributed by atoms with van der Waals surface area (Å²) in [5.74, 6) is 1.74. The molecule has 158 valence electrons. The smallest absolute Gasteiger partial charge is 0.249 e. The molecule has 1 atom stereocenters. The van der Waals surface area contributed by atoms with Crippen LogP contribution in [0, 0.1) is 6.92 Å². The number of carbonyl (C=O) groups is 1. The number of imidazole rings is 1. The first-order valence-electron chi connectivity index (χ1n) is 10.7. The first-order valence-corrected chi connectivity index (χ1v) is 10.7. The predicted molar refractivity (Wildman–Crippen MR) is 116 cm³/mol. The van der Waals surface area contributed by atoms with E-state index < -0.39 is 0 Å². The third kappa shape index (κ3) is 5.00. The van der Waals surface area contributed by atoms with Crippen molar-refractivity contribution in [2.45, 2.75) is 51.8 Å². The number of aromatic nitrogens is 2. The molecule has 2 aromatic carbocycles. The fourth-order valence-electron chi connectivity index (χ4n) is 3.77. The van der Waals surface area contributed by atoms with Gasteiger partial charge in [0.05, 0.1) is 24.2 Å². The van der Waals surface area contributed by atoms with Crippen molar-refractivity contribution in [1.82, 2.24) is 14.9 Å². The highest BCUT2D eigenvalue weighted by molar-refractivity contribution is 5.81. The van der Waals surface area contributed by atoms with Crippen LogP contribution in [0.3, 0.4) is 0 Å². The first-order chi connectivity index (χ1) is 14.7. The van der Waals surface area contributed by atoms with E-state index in [-0.39, 0.29) is 12.0 Å². The van der Waals surface area contributed by atoms with Gasteiger partial charge in [0.25, 0.3) is 0 Å². The number of hydrogen-bond donors (Lipinski definition) is 1. The monoisotopic (exact) mass is 407 g/mol. The summed E-state index contributed by atoms with van der Waals surface area (Å²) >= 11 is 0. The number of aryl methyl sites for hydroxylation is 2. The lowest BCUT2D eigenvalue weighted by Gasteiger charge is -2.13. The average Bonchev–Trinajstić information content (AvgIpc) is 3.42. The molecule has 3 aromatic rings. The zero-order chi connectivity index (χ0) is 20.8. The molecule has 1 amide bonds. The third-order valence-corrected chi connectivity index (χ3v) is 5.44. The van der Waals surface area contributed by atoms with Gasteiger partial charge in [0.2, 0.25) is 5.91 Å². The number of hydrogen-bond acceptors (Lipinski definition) is 4. The number of para-hydroxylation sites is 2. The van der Waals surface area contributed by atoms with Crippen molar-refractivity contribution in [1.29, 1.82) is 0 Å². The van der Waals surface area contributed by atoms with E-state index in [9.17, 15) is 4.79 Å². The molecule has 1 unspecified atom stereocenters. The summed E-state index contributed by atoms with van der Waals surface area (Å²) in [6.07, 6.45) is 3.34. The average molecular weight is 408 g/mol. The van der Waals surface area contributed by atoms with Gasteiger partial charge in [-0.05, 0) is 56.9 Å². The summed E-state index contributed by atoms with van der Waals surface area (Å²) in [4.78, 5) is 17.1. The number of rotatable bonds is 9. The molecule has 30 heavy (non-hydrogen) atoms. The lowest BCUT2D eigenvalue weighted by molar-refractivity contribution is -0.130. The Labute approximate surface area is 177 Å². The van der Waals surface area contributed by atoms with Gasteiger partial charge in [0.15, 0.2) is 0 Å². The molecule has 6 nitrogen and oxygen atoms in total. The molecule has 1 aliphatic rings. The Kier molecular flexibility index (Phi) is 6.64. The van der Waals surface area contributed by atoms with Crippen LogP contribution in [-0.2, 0) is 22.6 Å². The summed E-state index contributed by atoms with van der Waals surface area (Å²) in [6.45, 7) is 4.66. The maximum absolute atomic E-state index is 12.3. The first kappa shape index (κ1) is 20.4. The molecule has 1 fully saturated rings. The van der Waals surface area contributed by atoms with Gasteiger partial charge >= 0.3 is 0 Å². The molecule has 0 saturated carbocycles. The number of carbonyl (C=O) groups excluding carboxylic acids is 1. The Morgan fingerprint density at radius 1 is 1.20 bits per heavy atom. The van der Waals surface area contributed by atoms with Gasteiger partial charge in [0, 0.05) is 13.2 Å². The van der Waals surface area contributed by atoms with E-state index in [0.29, 0.717) is 19.8 Å². The van der Waals surface area contributed by atoms with Crippen LogP contribution >= 0.6 is 0 Å². The maximum atomic E-state index is 12.3. The van der Waals surface area contributed by atoms with Gasteiger partial charge < -0.3 is 19.4 Å². The molecular formula is C24H29N3O3. The van der Waals surface area contributed by atoms with Crippen molar-refractivity contribution in [3.05, 3.63) is 59.9 Å². The molecule has 6 heteroatoms. The molecule has 1 saturated heterocycles. The number of benzene rings is 2. The fourth-order valence-corrected chi connectivity index (χ4v) is 3.77. The topological polar surface area (TPSA) is 65.4 Å². The normalized spacial score (nSPS) is 16.1. The summed E-state index contributed by atoms with van der Waals surface area (Å²) < 4.78 is 13.5. The summed E-state index contributed by atoms with van der Waals surface area (Å²) in [5, 5.41) is 3.00. The van der Waals surface area contributed by atoms with Crippen LogP contribution in [0.2, 0.25) is 0 Å². The molecule has 0 radical (unpaired) electrons. The zero-order valence-electron chi connectivity index (χ0n) is 17.5. The van der Waals surface area contributed by atoms with Crippen LogP contribution in [0.4, 0.5) is 0 Å². The molecule has 4 rings (SSSR count). The number of nitrogens with one attached hydrogen (secondary N) is 1. The van der Waals surface area contributed by atoms with Crippen molar-refractivity contribution in [3.63, 3.8) is 0 Å². The molecule has 0 spiro atoms. The van der Waals surface area contributed by atoms with Crippen molar-refractivity contribution < 1.29 is 14.3 Å². The second-order valence-corrected chi connectivity index (χ2v) is 7.76. The fraction of sp³-hybridized carbons (Fsp3) is 0.417. The van der Waals surface area contributed by atoms with E-state index >= 15 is 0 Å². The largest absolute Gasteiger partial charge is 0.494 e. The Balaban J connectivity index is 1.34. The summed E-state index contributed by atoms with van der Waals surface area (Å²) in [7, 11) is 0. The number of ether oxygens (including phenoxy) is 2. The van der Waals surface area contributed by atoms with Crippen LogP contribution in [0.1, 0.15) is 37.1 Å². The summed E-state index contributed by atoms with van der Waals surface area (Å²) in [6, 6.07) is 16.2. The van der Waals surface area contributed by atoms with Crippen molar-refractivity contribution in [3.8, 4) is 5.75 Å². The SMILES string of the molecule is Cc1ccc(OCCCCn2c(CNC(=O)C3CCCO3)nc3ccccc32)cc1. The molecule has 0 aliphatic carbocycles. The minimum absolute atomic E-state index is 0.0439. The Morgan fingerprint density at radius 3 is 2.83 bits per heavy atom. The van der Waals surface area contributed by atoms with E-state index in [1.54, 1.807) is 0 Å². The molecule has 2 heterocycles. The lowest BCUT2D eigenvalue weighted by Crippen LogP contribution is -2.34. The highest BCUT2D eigenvalue weighted by Gasteiger charge is 2.23. The van der Waals surface area contributed by atoms with Gasteiger partial charge in [-0.3, -0.25) is 4.79 Å². The van der Waals surface area contributed by atoms with Crippen molar-refractivity contribution in [2.24, 2.45) is 0 Å². The predicted octanol–water partition coefficient (Wildman–Crippen LogP) is 4.00. The van der Waals surface area contributed by atoms with Gasteiger partial charge in [0.1, 0.15) is 17.7 Å². The Morgan fingerprint density at radius 2 is 2.03 bits per heavy atom. The Hall–Kier alpha value is -2.86. The highest BCUT2D eigenvalue weighted by atomic mass is 16.5. The van der Waals surface area contributed by atoms with Gasteiger partial charge in [-0.15, -0.1) is 0 Å². The lowest BCUT2D eigenvalue weighted by atomic mass is 10.2. The maximum Gasteiger partial charge on any atom is 0.249 e. The number of unbranched alkanes of at least 4 members (excludes halogenated alkanes) is 1. The molecule has 1 aliphatic heterocycles. The van der Waals surface area contributed by atoms with Crippen LogP contribution < -0.4 is 10.1 Å². The van der Waals surface area contributed by atoms with E-state index in [1.807, 2.05) is 30.3 Å². The molecular weight excluding hydrogens is 378 g/mol. The second kappa shape index (κ2) is 9.76. The van der Waals surface area contributed by atoms with Gasteiger partial charge in [-0.25, -0.2) is 4.98 Å². The minimum atomic E-state index is -0.318. The number of nitrogens with zero attached hydrogens (tertiary/aromatic N) is 2. The van der Waals surface area contributed by atoms with Crippen LogP contribution in [0.5, 0.6) is 5.75 Å².